The number of hydrogen-bond acceptors (Lipinski definition) is 2. The number of amides is 1. The summed E-state index contributed by atoms with van der Waals surface area (Å²) in [7, 11) is 0. The van der Waals surface area contributed by atoms with E-state index in [1.807, 2.05) is 4.90 Å². The van der Waals surface area contributed by atoms with Crippen LogP contribution in [0.5, 0.6) is 0 Å². The molecule has 0 bridgehead atoms. The molecule has 1 amide bonds. The molecule has 31 heavy (non-hydrogen) atoms. The summed E-state index contributed by atoms with van der Waals surface area (Å²) in [6, 6.07) is 0.360. The topological polar surface area (TPSA) is 57.6 Å². The molecular weight excluding hydrogens is 386 g/mol. The number of carbonyl (C=O) groups excluding carboxylic acids is 1. The molecule has 4 rings (SSSR count). The van der Waals surface area contributed by atoms with Crippen LogP contribution in [0.15, 0.2) is 0 Å². The van der Waals surface area contributed by atoms with Gasteiger partial charge < -0.3 is 10.0 Å². The van der Waals surface area contributed by atoms with Gasteiger partial charge in [-0.3, -0.25) is 9.59 Å². The number of aliphatic carboxylic acids is 1. The second-order valence-electron chi connectivity index (χ2n) is 12.7. The van der Waals surface area contributed by atoms with Gasteiger partial charge in [0.25, 0.3) is 0 Å². The first-order chi connectivity index (χ1) is 14.5. The van der Waals surface area contributed by atoms with Crippen LogP contribution in [0.25, 0.3) is 0 Å². The van der Waals surface area contributed by atoms with Crippen LogP contribution >= 0.6 is 0 Å². The Balaban J connectivity index is 1.68. The second-order valence-corrected chi connectivity index (χ2v) is 12.7. The molecule has 4 aliphatic carbocycles. The molecule has 7 atom stereocenters. The molecule has 0 radical (unpaired) electrons. The molecule has 0 heterocycles. The third kappa shape index (κ3) is 3.29. The molecule has 0 aromatic heterocycles. The lowest BCUT2D eigenvalue weighted by atomic mass is 9.39. The molecule has 0 aromatic carbocycles. The summed E-state index contributed by atoms with van der Waals surface area (Å²) < 4.78 is 0. The van der Waals surface area contributed by atoms with Crippen molar-refractivity contribution in [1.29, 1.82) is 0 Å². The predicted octanol–water partition coefficient (Wildman–Crippen LogP) is 6.14. The van der Waals surface area contributed by atoms with E-state index >= 15 is 0 Å². The number of carbonyl (C=O) groups is 2. The van der Waals surface area contributed by atoms with Gasteiger partial charge in [0.1, 0.15) is 0 Å². The molecule has 1 N–H and O–H groups in total. The monoisotopic (exact) mass is 431 g/mol. The highest BCUT2D eigenvalue weighted by Crippen LogP contribution is 2.70. The van der Waals surface area contributed by atoms with E-state index in [1.54, 1.807) is 0 Å². The smallest absolute Gasteiger partial charge is 0.310 e. The number of rotatable bonds is 4. The van der Waals surface area contributed by atoms with E-state index < -0.39 is 11.4 Å². The van der Waals surface area contributed by atoms with Crippen molar-refractivity contribution in [2.24, 2.45) is 39.9 Å². The van der Waals surface area contributed by atoms with Gasteiger partial charge in [0, 0.05) is 18.0 Å². The van der Waals surface area contributed by atoms with Crippen molar-refractivity contribution in [3.05, 3.63) is 0 Å². The summed E-state index contributed by atoms with van der Waals surface area (Å²) in [5.41, 5.74) is -0.446. The molecule has 4 fully saturated rings. The van der Waals surface area contributed by atoms with E-state index in [2.05, 4.69) is 41.5 Å². The molecule has 4 heteroatoms. The van der Waals surface area contributed by atoms with Gasteiger partial charge in [-0.1, -0.05) is 20.3 Å². The quantitative estimate of drug-likeness (QED) is 0.582. The Morgan fingerprint density at radius 1 is 0.871 bits per heavy atom. The third-order valence-corrected chi connectivity index (χ3v) is 10.8. The maximum atomic E-state index is 13.6. The summed E-state index contributed by atoms with van der Waals surface area (Å²) >= 11 is 0. The zero-order chi connectivity index (χ0) is 22.8. The van der Waals surface area contributed by atoms with E-state index in [0.717, 1.165) is 38.0 Å². The van der Waals surface area contributed by atoms with Crippen LogP contribution in [0.1, 0.15) is 106 Å². The van der Waals surface area contributed by atoms with Crippen LogP contribution in [-0.2, 0) is 9.59 Å². The highest BCUT2D eigenvalue weighted by molar-refractivity contribution is 5.81. The zero-order valence-electron chi connectivity index (χ0n) is 20.7. The number of nitrogens with zero attached hydrogens (tertiary/aromatic N) is 1. The largest absolute Gasteiger partial charge is 0.481 e. The van der Waals surface area contributed by atoms with Gasteiger partial charge in [-0.05, 0) is 114 Å². The average molecular weight is 432 g/mol. The van der Waals surface area contributed by atoms with E-state index in [-0.39, 0.29) is 29.3 Å². The van der Waals surface area contributed by atoms with Gasteiger partial charge in [0.05, 0.1) is 5.41 Å². The molecular formula is C27H45NO3. The van der Waals surface area contributed by atoms with Crippen molar-refractivity contribution in [1.82, 2.24) is 4.90 Å². The minimum Gasteiger partial charge on any atom is -0.481 e. The molecule has 4 nitrogen and oxygen atoms in total. The van der Waals surface area contributed by atoms with Gasteiger partial charge in [-0.15, -0.1) is 0 Å². The van der Waals surface area contributed by atoms with Crippen LogP contribution < -0.4 is 0 Å². The van der Waals surface area contributed by atoms with Crippen LogP contribution in [0.4, 0.5) is 0 Å². The Bertz CT molecular complexity index is 724. The molecule has 0 spiro atoms. The summed E-state index contributed by atoms with van der Waals surface area (Å²) in [4.78, 5) is 28.5. The third-order valence-electron chi connectivity index (χ3n) is 10.8. The highest BCUT2D eigenvalue weighted by Gasteiger charge is 2.66. The van der Waals surface area contributed by atoms with Gasteiger partial charge in [0.15, 0.2) is 0 Å². The predicted molar refractivity (Wildman–Crippen MR) is 124 cm³/mol. The van der Waals surface area contributed by atoms with Crippen molar-refractivity contribution in [2.45, 2.75) is 118 Å². The minimum atomic E-state index is -0.641. The fraction of sp³-hybridized carbons (Fsp3) is 0.926. The first-order valence-corrected chi connectivity index (χ1v) is 13.0. The lowest BCUT2D eigenvalue weighted by Crippen LogP contribution is -2.62. The molecule has 176 valence electrons. The number of carboxylic acid groups (broad SMARTS) is 1. The van der Waals surface area contributed by atoms with Crippen LogP contribution in [0.3, 0.4) is 0 Å². The standard InChI is InChI=1S/C27H45NO3/c1-17(2)28(18(3)4)23(29)19-9-14-27(24(30)31)15-10-20-21-8-7-12-25(21,5)13-11-22(20)26(27,6)16-19/h17-22H,7-16H2,1-6H3,(H,30,31)/t19?,20-,21-,22+,25-,26+,27?/m0/s1. The van der Waals surface area contributed by atoms with Crippen molar-refractivity contribution in [2.75, 3.05) is 0 Å². The summed E-state index contributed by atoms with van der Waals surface area (Å²) in [5.74, 6) is 1.50. The summed E-state index contributed by atoms with van der Waals surface area (Å²) in [6.45, 7) is 13.2. The first kappa shape index (κ1) is 23.1. The Morgan fingerprint density at radius 2 is 1.52 bits per heavy atom. The molecule has 0 aromatic rings. The van der Waals surface area contributed by atoms with Gasteiger partial charge in [-0.25, -0.2) is 0 Å². The molecule has 2 unspecified atom stereocenters. The SMILES string of the molecule is CC(C)N(C(=O)C1CCC2(C(=O)O)CC[C@@H]3[C@@H](CC[C@]4(C)CCC[C@@H]34)[C@@]2(C)C1)C(C)C. The molecule has 0 saturated heterocycles. The molecule has 0 aliphatic heterocycles. The van der Waals surface area contributed by atoms with Crippen LogP contribution in [0, 0.1) is 39.9 Å². The Morgan fingerprint density at radius 3 is 2.13 bits per heavy atom. The van der Waals surface area contributed by atoms with Gasteiger partial charge >= 0.3 is 5.97 Å². The zero-order valence-corrected chi connectivity index (χ0v) is 20.7. The lowest BCUT2D eigenvalue weighted by molar-refractivity contribution is -0.198. The van der Waals surface area contributed by atoms with Crippen molar-refractivity contribution >= 4 is 11.9 Å². The highest BCUT2D eigenvalue weighted by atomic mass is 16.4. The van der Waals surface area contributed by atoms with E-state index in [1.165, 1.54) is 25.7 Å². The van der Waals surface area contributed by atoms with E-state index in [9.17, 15) is 14.7 Å². The van der Waals surface area contributed by atoms with E-state index in [4.69, 9.17) is 0 Å². The molecule has 4 aliphatic rings. The van der Waals surface area contributed by atoms with Crippen LogP contribution in [-0.4, -0.2) is 34.0 Å². The van der Waals surface area contributed by atoms with Crippen LogP contribution in [0.2, 0.25) is 0 Å². The van der Waals surface area contributed by atoms with Crippen molar-refractivity contribution in [3.8, 4) is 0 Å². The fourth-order valence-electron chi connectivity index (χ4n) is 9.30. The lowest BCUT2D eigenvalue weighted by Gasteiger charge is -2.64. The minimum absolute atomic E-state index is 0.0297. The van der Waals surface area contributed by atoms with Crippen molar-refractivity contribution in [3.63, 3.8) is 0 Å². The summed E-state index contributed by atoms with van der Waals surface area (Å²) in [6.07, 6.45) is 10.5. The number of carboxylic acids is 1. The second kappa shape index (κ2) is 7.76. The normalized spacial score (nSPS) is 44.5. The average Bonchev–Trinajstić information content (AvgIpc) is 3.08. The van der Waals surface area contributed by atoms with Crippen molar-refractivity contribution < 1.29 is 14.7 Å². The summed E-state index contributed by atoms with van der Waals surface area (Å²) in [5, 5.41) is 10.5. The first-order valence-electron chi connectivity index (χ1n) is 13.0. The number of hydrogen-bond donors (Lipinski definition) is 1. The Labute approximate surface area is 189 Å². The van der Waals surface area contributed by atoms with E-state index in [0.29, 0.717) is 23.7 Å². The Hall–Kier alpha value is -1.06. The molecule has 4 saturated carbocycles. The maximum Gasteiger partial charge on any atom is 0.310 e. The Kier molecular flexibility index (Phi) is 5.79. The maximum absolute atomic E-state index is 13.6. The van der Waals surface area contributed by atoms with Gasteiger partial charge in [0.2, 0.25) is 5.91 Å². The fourth-order valence-corrected chi connectivity index (χ4v) is 9.30. The van der Waals surface area contributed by atoms with Gasteiger partial charge in [-0.2, -0.15) is 0 Å². The number of fused-ring (bicyclic) bond motifs is 5.